The van der Waals surface area contributed by atoms with Gasteiger partial charge in [-0.3, -0.25) is 4.79 Å². The van der Waals surface area contributed by atoms with Crippen LogP contribution in [-0.4, -0.2) is 40.1 Å². The molecule has 2 aromatic rings. The van der Waals surface area contributed by atoms with E-state index in [4.69, 9.17) is 30.5 Å². The molecule has 8 heteroatoms. The van der Waals surface area contributed by atoms with Crippen molar-refractivity contribution in [3.8, 4) is 23.0 Å². The summed E-state index contributed by atoms with van der Waals surface area (Å²) in [6, 6.07) is 10.1. The number of amides is 1. The van der Waals surface area contributed by atoms with E-state index in [-0.39, 0.29) is 6.61 Å². The Bertz CT molecular complexity index is 753. The third-order valence-corrected chi connectivity index (χ3v) is 3.57. The quantitative estimate of drug-likeness (QED) is 0.564. The second-order valence-electron chi connectivity index (χ2n) is 4.98. The van der Waals surface area contributed by atoms with E-state index in [1.54, 1.807) is 43.5 Å². The highest BCUT2D eigenvalue weighted by atomic mass is 35.5. The van der Waals surface area contributed by atoms with Gasteiger partial charge in [-0.05, 0) is 24.3 Å². The predicted molar refractivity (Wildman–Crippen MR) is 98.8 cm³/mol. The molecule has 7 nitrogen and oxygen atoms in total. The van der Waals surface area contributed by atoms with Crippen LogP contribution < -0.4 is 24.4 Å². The molecule has 0 atom stereocenters. The van der Waals surface area contributed by atoms with E-state index in [1.165, 1.54) is 20.4 Å². The van der Waals surface area contributed by atoms with Crippen LogP contribution in [0, 0.1) is 0 Å². The fraction of sp³-hybridized carbons (Fsp3) is 0.222. The molecular weight excluding hydrogens is 360 g/mol. The highest BCUT2D eigenvalue weighted by molar-refractivity contribution is 6.30. The van der Waals surface area contributed by atoms with Crippen molar-refractivity contribution in [2.24, 2.45) is 5.10 Å². The summed E-state index contributed by atoms with van der Waals surface area (Å²) in [5.74, 6) is 1.69. The first-order valence-corrected chi connectivity index (χ1v) is 7.95. The molecule has 0 aromatic heterocycles. The van der Waals surface area contributed by atoms with Gasteiger partial charge in [0.1, 0.15) is 23.0 Å². The third-order valence-electron chi connectivity index (χ3n) is 3.32. The zero-order chi connectivity index (χ0) is 18.9. The molecule has 1 N–H and O–H groups in total. The second-order valence-corrected chi connectivity index (χ2v) is 5.42. The van der Waals surface area contributed by atoms with Crippen molar-refractivity contribution in [1.29, 1.82) is 0 Å². The number of methoxy groups -OCH3 is 3. The first-order chi connectivity index (χ1) is 12.6. The van der Waals surface area contributed by atoms with Crippen molar-refractivity contribution in [2.45, 2.75) is 0 Å². The van der Waals surface area contributed by atoms with Gasteiger partial charge in [0.2, 0.25) is 0 Å². The van der Waals surface area contributed by atoms with Gasteiger partial charge in [0.25, 0.3) is 5.91 Å². The van der Waals surface area contributed by atoms with Crippen LogP contribution in [-0.2, 0) is 4.79 Å². The molecule has 0 unspecified atom stereocenters. The molecule has 0 aliphatic carbocycles. The van der Waals surface area contributed by atoms with Crippen LogP contribution in [0.1, 0.15) is 5.56 Å². The minimum atomic E-state index is -0.414. The molecule has 2 aromatic carbocycles. The fourth-order valence-corrected chi connectivity index (χ4v) is 2.17. The lowest BCUT2D eigenvalue weighted by Crippen LogP contribution is -2.24. The Labute approximate surface area is 156 Å². The van der Waals surface area contributed by atoms with Crippen molar-refractivity contribution in [2.75, 3.05) is 27.9 Å². The number of halogens is 1. The third kappa shape index (κ3) is 5.29. The van der Waals surface area contributed by atoms with Crippen LogP contribution in [0.2, 0.25) is 5.02 Å². The molecule has 26 heavy (non-hydrogen) atoms. The molecule has 0 heterocycles. The molecule has 0 aliphatic rings. The number of hydrogen-bond acceptors (Lipinski definition) is 6. The maximum Gasteiger partial charge on any atom is 0.277 e. The standard InChI is InChI=1S/C18H19ClN2O5/c1-23-14-8-16(24-2)15(17(9-14)25-3)10-20-21-18(22)11-26-13-6-4-12(19)5-7-13/h4-10H,11H2,1-3H3,(H,21,22)/b20-10+. The van der Waals surface area contributed by atoms with E-state index in [0.29, 0.717) is 33.6 Å². The summed E-state index contributed by atoms with van der Waals surface area (Å²) in [6.45, 7) is -0.185. The number of benzene rings is 2. The maximum atomic E-state index is 11.8. The Hall–Kier alpha value is -2.93. The van der Waals surface area contributed by atoms with Crippen LogP contribution in [0.25, 0.3) is 0 Å². The number of ether oxygens (including phenoxy) is 4. The summed E-state index contributed by atoms with van der Waals surface area (Å²) in [6.07, 6.45) is 1.43. The molecule has 0 bridgehead atoms. The molecular formula is C18H19ClN2O5. The predicted octanol–water partition coefficient (Wildman–Crippen LogP) is 2.89. The van der Waals surface area contributed by atoms with Gasteiger partial charge in [0.05, 0.1) is 33.1 Å². The van der Waals surface area contributed by atoms with Crippen LogP contribution >= 0.6 is 11.6 Å². The van der Waals surface area contributed by atoms with E-state index in [2.05, 4.69) is 10.5 Å². The van der Waals surface area contributed by atoms with Crippen molar-refractivity contribution in [3.63, 3.8) is 0 Å². The van der Waals surface area contributed by atoms with E-state index in [1.807, 2.05) is 0 Å². The summed E-state index contributed by atoms with van der Waals surface area (Å²) in [7, 11) is 4.58. The maximum absolute atomic E-state index is 11.8. The van der Waals surface area contributed by atoms with E-state index >= 15 is 0 Å². The smallest absolute Gasteiger partial charge is 0.277 e. The Kier molecular flexibility index (Phi) is 7.11. The first-order valence-electron chi connectivity index (χ1n) is 7.57. The minimum Gasteiger partial charge on any atom is -0.496 e. The molecule has 0 aliphatic heterocycles. The SMILES string of the molecule is COc1cc(OC)c(/C=N/NC(=O)COc2ccc(Cl)cc2)c(OC)c1. The van der Waals surface area contributed by atoms with Gasteiger partial charge in [0.15, 0.2) is 6.61 Å². The molecule has 0 fully saturated rings. The van der Waals surface area contributed by atoms with Crippen molar-refractivity contribution in [3.05, 3.63) is 47.0 Å². The fourth-order valence-electron chi connectivity index (χ4n) is 2.04. The van der Waals surface area contributed by atoms with Crippen LogP contribution in [0.3, 0.4) is 0 Å². The molecule has 1 amide bonds. The van der Waals surface area contributed by atoms with Crippen molar-refractivity contribution >= 4 is 23.7 Å². The summed E-state index contributed by atoms with van der Waals surface area (Å²) >= 11 is 5.79. The summed E-state index contributed by atoms with van der Waals surface area (Å²) in [5.41, 5.74) is 2.95. The molecule has 0 spiro atoms. The zero-order valence-electron chi connectivity index (χ0n) is 14.6. The number of rotatable bonds is 8. The molecule has 138 valence electrons. The van der Waals surface area contributed by atoms with Gasteiger partial charge >= 0.3 is 0 Å². The van der Waals surface area contributed by atoms with Crippen LogP contribution in [0.15, 0.2) is 41.5 Å². The van der Waals surface area contributed by atoms with Crippen LogP contribution in [0.4, 0.5) is 0 Å². The first kappa shape index (κ1) is 19.4. The van der Waals surface area contributed by atoms with E-state index in [0.717, 1.165) is 0 Å². The number of nitrogens with zero attached hydrogens (tertiary/aromatic N) is 1. The van der Waals surface area contributed by atoms with Gasteiger partial charge in [-0.15, -0.1) is 0 Å². The number of hydrogen-bond donors (Lipinski definition) is 1. The largest absolute Gasteiger partial charge is 0.496 e. The summed E-state index contributed by atoms with van der Waals surface area (Å²) < 4.78 is 21.1. The number of hydrazone groups is 1. The van der Waals surface area contributed by atoms with Gasteiger partial charge in [-0.25, -0.2) is 5.43 Å². The van der Waals surface area contributed by atoms with E-state index in [9.17, 15) is 4.79 Å². The lowest BCUT2D eigenvalue weighted by Gasteiger charge is -2.12. The Balaban J connectivity index is 1.98. The average molecular weight is 379 g/mol. The van der Waals surface area contributed by atoms with Gasteiger partial charge in [-0.1, -0.05) is 11.6 Å². The Morgan fingerprint density at radius 1 is 1.04 bits per heavy atom. The zero-order valence-corrected chi connectivity index (χ0v) is 15.4. The second kappa shape index (κ2) is 9.53. The van der Waals surface area contributed by atoms with Crippen LogP contribution in [0.5, 0.6) is 23.0 Å². The summed E-state index contributed by atoms with van der Waals surface area (Å²) in [4.78, 5) is 11.8. The summed E-state index contributed by atoms with van der Waals surface area (Å²) in [5, 5.41) is 4.51. The average Bonchev–Trinajstić information content (AvgIpc) is 2.67. The van der Waals surface area contributed by atoms with Gasteiger partial charge in [0, 0.05) is 17.2 Å². The molecule has 0 radical (unpaired) electrons. The lowest BCUT2D eigenvalue weighted by atomic mass is 10.2. The highest BCUT2D eigenvalue weighted by Gasteiger charge is 2.11. The Morgan fingerprint density at radius 3 is 2.19 bits per heavy atom. The Morgan fingerprint density at radius 2 is 1.65 bits per heavy atom. The topological polar surface area (TPSA) is 78.4 Å². The van der Waals surface area contributed by atoms with Gasteiger partial charge < -0.3 is 18.9 Å². The number of nitrogens with one attached hydrogen (secondary N) is 1. The lowest BCUT2D eigenvalue weighted by molar-refractivity contribution is -0.123. The molecule has 0 saturated heterocycles. The highest BCUT2D eigenvalue weighted by Crippen LogP contribution is 2.32. The molecule has 2 rings (SSSR count). The minimum absolute atomic E-state index is 0.185. The monoisotopic (exact) mass is 378 g/mol. The number of carbonyl (C=O) groups excluding carboxylic acids is 1. The molecule has 0 saturated carbocycles. The number of carbonyl (C=O) groups is 1. The normalized spacial score (nSPS) is 10.5. The van der Waals surface area contributed by atoms with E-state index < -0.39 is 5.91 Å². The van der Waals surface area contributed by atoms with Crippen molar-refractivity contribution in [1.82, 2.24) is 5.43 Å². The van der Waals surface area contributed by atoms with Crippen molar-refractivity contribution < 1.29 is 23.7 Å². The van der Waals surface area contributed by atoms with Gasteiger partial charge in [-0.2, -0.15) is 5.10 Å².